The van der Waals surface area contributed by atoms with Crippen molar-refractivity contribution in [2.75, 3.05) is 37.2 Å². The van der Waals surface area contributed by atoms with Crippen LogP contribution < -0.4 is 14.8 Å². The van der Waals surface area contributed by atoms with Crippen molar-refractivity contribution in [2.45, 2.75) is 116 Å². The van der Waals surface area contributed by atoms with Crippen LogP contribution in [0, 0.1) is 0 Å². The molecule has 318 valence electrons. The van der Waals surface area contributed by atoms with E-state index in [4.69, 9.17) is 9.16 Å². The minimum Gasteiger partial charge on any atom is -0.508 e. The fourth-order valence-corrected chi connectivity index (χ4v) is 8.94. The molecular formula is C47H69N3O6SSi. The van der Waals surface area contributed by atoms with E-state index in [0.717, 1.165) is 61.9 Å². The molecule has 4 aromatic rings. The van der Waals surface area contributed by atoms with Crippen molar-refractivity contribution >= 4 is 24.0 Å². The van der Waals surface area contributed by atoms with Crippen LogP contribution in [0.25, 0.3) is 0 Å². The van der Waals surface area contributed by atoms with Crippen molar-refractivity contribution < 1.29 is 27.8 Å². The van der Waals surface area contributed by atoms with E-state index in [-0.39, 0.29) is 28.5 Å². The van der Waals surface area contributed by atoms with Gasteiger partial charge in [0.15, 0.2) is 8.32 Å². The summed E-state index contributed by atoms with van der Waals surface area (Å²) in [6.45, 7) is 22.7. The first kappa shape index (κ1) is 46.8. The molecule has 0 aromatic heterocycles. The highest BCUT2D eigenvalue weighted by atomic mass is 32.2. The van der Waals surface area contributed by atoms with E-state index in [1.807, 2.05) is 30.3 Å². The number of nitrogens with one attached hydrogen (secondary N) is 2. The highest BCUT2D eigenvalue weighted by Gasteiger charge is 2.39. The average Bonchev–Trinajstić information content (AvgIpc) is 3.14. The second kappa shape index (κ2) is 20.9. The number of aromatic hydroxyl groups is 2. The van der Waals surface area contributed by atoms with Gasteiger partial charge in [0.05, 0.1) is 24.7 Å². The van der Waals surface area contributed by atoms with Gasteiger partial charge in [-0.3, -0.25) is 9.62 Å². The highest BCUT2D eigenvalue weighted by Crippen LogP contribution is 2.41. The number of aryl methyl sites for hydroxylation is 1. The summed E-state index contributed by atoms with van der Waals surface area (Å²) < 4.78 is 39.3. The molecule has 0 spiro atoms. The Balaban J connectivity index is 1.31. The summed E-state index contributed by atoms with van der Waals surface area (Å²) in [5.74, 6) is 1.15. The molecule has 0 aliphatic rings. The third-order valence-electron chi connectivity index (χ3n) is 11.3. The molecule has 58 heavy (non-hydrogen) atoms. The van der Waals surface area contributed by atoms with E-state index >= 15 is 0 Å². The van der Waals surface area contributed by atoms with Gasteiger partial charge in [0.25, 0.3) is 0 Å². The minimum atomic E-state index is -3.57. The number of benzene rings is 4. The summed E-state index contributed by atoms with van der Waals surface area (Å²) in [5, 5.41) is 24.9. The second-order valence-corrected chi connectivity index (χ2v) is 24.1. The summed E-state index contributed by atoms with van der Waals surface area (Å²) in [6.07, 6.45) is 4.17. The van der Waals surface area contributed by atoms with Crippen LogP contribution in [0.3, 0.4) is 0 Å². The Morgan fingerprint density at radius 1 is 0.793 bits per heavy atom. The summed E-state index contributed by atoms with van der Waals surface area (Å²) >= 11 is 0. The number of hydrogen-bond donors (Lipinski definition) is 4. The van der Waals surface area contributed by atoms with Crippen LogP contribution in [-0.4, -0.2) is 76.4 Å². The average molecular weight is 832 g/mol. The van der Waals surface area contributed by atoms with Gasteiger partial charge in [0, 0.05) is 30.1 Å². The number of anilines is 1. The smallest absolute Gasteiger partial charge is 0.229 e. The summed E-state index contributed by atoms with van der Waals surface area (Å²) in [5.41, 5.74) is 5.51. The number of hydrogen-bond acceptors (Lipinski definition) is 8. The molecule has 0 heterocycles. The third-order valence-corrected chi connectivity index (χ3v) is 16.4. The SMILES string of the molecule is CC(C)N(CCC(c1ccccc1)c1cc(CCCOc2ccc(CCNCC(O[Si](C)(C)C(C)(C)C)c3ccc(O)c(NS(C)(=O)=O)c3)cc2)ccc1O)C(C)C. The van der Waals surface area contributed by atoms with Crippen molar-refractivity contribution in [2.24, 2.45) is 0 Å². The molecule has 0 aliphatic carbocycles. The normalized spacial score (nSPS) is 13.6. The van der Waals surface area contributed by atoms with Crippen LogP contribution in [0.15, 0.2) is 91.0 Å². The molecule has 11 heteroatoms. The minimum absolute atomic E-state index is 0.0236. The summed E-state index contributed by atoms with van der Waals surface area (Å²) in [6, 6.07) is 30.7. The topological polar surface area (TPSA) is 120 Å². The Morgan fingerprint density at radius 3 is 2.05 bits per heavy atom. The molecular weight excluding hydrogens is 763 g/mol. The van der Waals surface area contributed by atoms with E-state index < -0.39 is 18.3 Å². The number of nitrogens with zero attached hydrogens (tertiary/aromatic N) is 1. The Labute approximate surface area is 350 Å². The lowest BCUT2D eigenvalue weighted by Crippen LogP contribution is -2.43. The predicted octanol–water partition coefficient (Wildman–Crippen LogP) is 10.0. The van der Waals surface area contributed by atoms with E-state index in [1.54, 1.807) is 12.1 Å². The Kier molecular flexibility index (Phi) is 16.9. The molecule has 0 aliphatic heterocycles. The largest absolute Gasteiger partial charge is 0.508 e. The zero-order valence-electron chi connectivity index (χ0n) is 36.5. The standard InChI is InChI=1S/C47H69N3O6SSi/c1-34(2)50(35(3)4)29-27-41(38-16-12-11-13-17-38)42-31-37(20-24-44(42)51)15-14-30-55-40-22-18-36(19-23-40)26-28-48-33-46(56-58(9,10)47(5,6)7)39-21-25-45(52)43(32-39)49-57(8,53)54/h11-13,16-25,31-32,34-35,41,46,48-49,51-52H,14-15,26-30,33H2,1-10H3. The van der Waals surface area contributed by atoms with Gasteiger partial charge < -0.3 is 24.7 Å². The van der Waals surface area contributed by atoms with Crippen LogP contribution >= 0.6 is 0 Å². The maximum Gasteiger partial charge on any atom is 0.229 e. The van der Waals surface area contributed by atoms with Crippen LogP contribution in [0.2, 0.25) is 18.1 Å². The molecule has 0 bridgehead atoms. The molecule has 0 fully saturated rings. The monoisotopic (exact) mass is 831 g/mol. The summed E-state index contributed by atoms with van der Waals surface area (Å²) in [7, 11) is -5.77. The molecule has 4 rings (SSSR count). The van der Waals surface area contributed by atoms with Gasteiger partial charge in [-0.15, -0.1) is 0 Å². The van der Waals surface area contributed by atoms with Gasteiger partial charge >= 0.3 is 0 Å². The van der Waals surface area contributed by atoms with Crippen LogP contribution in [0.5, 0.6) is 17.2 Å². The molecule has 0 radical (unpaired) electrons. The van der Waals surface area contributed by atoms with Gasteiger partial charge in [0.1, 0.15) is 17.2 Å². The zero-order valence-corrected chi connectivity index (χ0v) is 38.3. The lowest BCUT2D eigenvalue weighted by Gasteiger charge is -2.39. The molecule has 0 amide bonds. The van der Waals surface area contributed by atoms with Crippen molar-refractivity contribution in [1.29, 1.82) is 0 Å². The van der Waals surface area contributed by atoms with Crippen LogP contribution in [-0.2, 0) is 27.3 Å². The quantitative estimate of drug-likeness (QED) is 0.0351. The predicted molar refractivity (Wildman–Crippen MR) is 242 cm³/mol. The Hall–Kier alpha value is -3.87. The molecule has 2 atom stereocenters. The molecule has 4 N–H and O–H groups in total. The van der Waals surface area contributed by atoms with Gasteiger partial charge in [-0.2, -0.15) is 0 Å². The molecule has 2 unspecified atom stereocenters. The van der Waals surface area contributed by atoms with Gasteiger partial charge in [0.2, 0.25) is 10.0 Å². The molecule has 4 aromatic carbocycles. The lowest BCUT2D eigenvalue weighted by atomic mass is 9.86. The van der Waals surface area contributed by atoms with E-state index in [0.29, 0.717) is 31.0 Å². The van der Waals surface area contributed by atoms with Crippen molar-refractivity contribution in [3.8, 4) is 17.2 Å². The van der Waals surface area contributed by atoms with Gasteiger partial charge in [-0.1, -0.05) is 81.4 Å². The fourth-order valence-electron chi connectivity index (χ4n) is 7.10. The van der Waals surface area contributed by atoms with Crippen molar-refractivity contribution in [1.82, 2.24) is 10.2 Å². The van der Waals surface area contributed by atoms with Gasteiger partial charge in [-0.05, 0) is 137 Å². The number of sulfonamides is 1. The first-order valence-corrected chi connectivity index (χ1v) is 25.6. The number of rotatable bonds is 22. The Morgan fingerprint density at radius 2 is 1.43 bits per heavy atom. The first-order chi connectivity index (χ1) is 27.2. The first-order valence-electron chi connectivity index (χ1n) is 20.8. The summed E-state index contributed by atoms with van der Waals surface area (Å²) in [4.78, 5) is 2.51. The van der Waals surface area contributed by atoms with E-state index in [1.165, 1.54) is 22.8 Å². The van der Waals surface area contributed by atoms with E-state index in [9.17, 15) is 18.6 Å². The molecule has 0 saturated heterocycles. The molecule has 9 nitrogen and oxygen atoms in total. The van der Waals surface area contributed by atoms with Crippen molar-refractivity contribution in [3.63, 3.8) is 0 Å². The molecule has 0 saturated carbocycles. The van der Waals surface area contributed by atoms with Crippen molar-refractivity contribution in [3.05, 3.63) is 119 Å². The van der Waals surface area contributed by atoms with Crippen LogP contribution in [0.4, 0.5) is 5.69 Å². The Bertz CT molecular complexity index is 1970. The zero-order chi connectivity index (χ0) is 42.7. The number of ether oxygens (including phenoxy) is 1. The van der Waals surface area contributed by atoms with Crippen LogP contribution in [0.1, 0.15) is 101 Å². The maximum atomic E-state index is 11.9. The lowest BCUT2D eigenvalue weighted by molar-refractivity contribution is 0.170. The highest BCUT2D eigenvalue weighted by molar-refractivity contribution is 7.92. The second-order valence-electron chi connectivity index (χ2n) is 17.6. The maximum absolute atomic E-state index is 11.9. The fraction of sp³-hybridized carbons (Fsp3) is 0.489. The van der Waals surface area contributed by atoms with Gasteiger partial charge in [-0.25, -0.2) is 8.42 Å². The number of phenolic OH excluding ortho intramolecular Hbond substituents is 2. The third kappa shape index (κ3) is 14.2. The van der Waals surface area contributed by atoms with E-state index in [2.05, 4.69) is 119 Å². The number of phenols is 2.